The molecule has 1 unspecified atom stereocenters. The van der Waals surface area contributed by atoms with E-state index in [1.165, 1.54) is 5.56 Å². The molecule has 2 rings (SSSR count). The van der Waals surface area contributed by atoms with Gasteiger partial charge >= 0.3 is 0 Å². The first kappa shape index (κ1) is 14.3. The number of aromatic nitrogens is 1. The van der Waals surface area contributed by atoms with E-state index >= 15 is 0 Å². The minimum absolute atomic E-state index is 0.171. The molecule has 4 heteroatoms. The van der Waals surface area contributed by atoms with Crippen LogP contribution in [0.25, 0.3) is 0 Å². The molecule has 1 aromatic carbocycles. The minimum atomic E-state index is 0.171. The molecule has 0 bridgehead atoms. The molecule has 100 valence electrons. The Bertz CT molecular complexity index is 570. The zero-order valence-electron chi connectivity index (χ0n) is 11.0. The largest absolute Gasteiger partial charge is 0.313 e. The van der Waals surface area contributed by atoms with Gasteiger partial charge in [0.2, 0.25) is 0 Å². The Kier molecular flexibility index (Phi) is 4.81. The Morgan fingerprint density at radius 2 is 2.00 bits per heavy atom. The van der Waals surface area contributed by atoms with Crippen molar-refractivity contribution in [2.24, 2.45) is 0 Å². The molecule has 2 aromatic rings. The summed E-state index contributed by atoms with van der Waals surface area (Å²) in [5, 5.41) is 4.54. The van der Waals surface area contributed by atoms with Crippen molar-refractivity contribution in [3.8, 4) is 0 Å². The summed E-state index contributed by atoms with van der Waals surface area (Å²) in [7, 11) is 1.94. The van der Waals surface area contributed by atoms with E-state index in [9.17, 15) is 0 Å². The van der Waals surface area contributed by atoms with Crippen LogP contribution in [0.5, 0.6) is 0 Å². The molecule has 0 aliphatic carbocycles. The fourth-order valence-electron chi connectivity index (χ4n) is 2.16. The van der Waals surface area contributed by atoms with E-state index in [4.69, 9.17) is 23.2 Å². The van der Waals surface area contributed by atoms with Crippen LogP contribution in [-0.2, 0) is 6.42 Å². The summed E-state index contributed by atoms with van der Waals surface area (Å²) in [6.45, 7) is 2.01. The molecule has 0 aliphatic rings. The van der Waals surface area contributed by atoms with Crippen molar-refractivity contribution in [1.29, 1.82) is 0 Å². The lowest BCUT2D eigenvalue weighted by Crippen LogP contribution is -2.20. The second-order valence-electron chi connectivity index (χ2n) is 4.44. The summed E-state index contributed by atoms with van der Waals surface area (Å²) in [5.74, 6) is 0. The SMILES string of the molecule is CNC(Cc1cccc(Cl)c1Cl)c1cccnc1C. The summed E-state index contributed by atoms with van der Waals surface area (Å²) >= 11 is 12.3. The minimum Gasteiger partial charge on any atom is -0.313 e. The van der Waals surface area contributed by atoms with Crippen LogP contribution in [0.2, 0.25) is 10.0 Å². The van der Waals surface area contributed by atoms with Crippen molar-refractivity contribution < 1.29 is 0 Å². The van der Waals surface area contributed by atoms with Crippen LogP contribution in [-0.4, -0.2) is 12.0 Å². The Morgan fingerprint density at radius 3 is 2.68 bits per heavy atom. The average Bonchev–Trinajstić information content (AvgIpc) is 2.41. The molecule has 1 N–H and O–H groups in total. The molecule has 0 saturated heterocycles. The zero-order chi connectivity index (χ0) is 13.8. The third-order valence-corrected chi connectivity index (χ3v) is 4.09. The van der Waals surface area contributed by atoms with Crippen LogP contribution < -0.4 is 5.32 Å². The maximum atomic E-state index is 6.25. The molecule has 1 atom stereocenters. The first-order valence-electron chi connectivity index (χ1n) is 6.15. The quantitative estimate of drug-likeness (QED) is 0.914. The predicted molar refractivity (Wildman–Crippen MR) is 80.9 cm³/mol. The molecule has 0 amide bonds. The summed E-state index contributed by atoms with van der Waals surface area (Å²) in [6.07, 6.45) is 2.58. The van der Waals surface area contributed by atoms with E-state index in [1.54, 1.807) is 12.3 Å². The number of nitrogens with zero attached hydrogens (tertiary/aromatic N) is 1. The second-order valence-corrected chi connectivity index (χ2v) is 5.22. The molecular weight excluding hydrogens is 279 g/mol. The average molecular weight is 295 g/mol. The molecule has 2 nitrogen and oxygen atoms in total. The standard InChI is InChI=1S/C15H16Cl2N2/c1-10-12(6-4-8-19-10)14(18-2)9-11-5-3-7-13(16)15(11)17/h3-8,14,18H,9H2,1-2H3. The highest BCUT2D eigenvalue weighted by Gasteiger charge is 2.15. The fraction of sp³-hybridized carbons (Fsp3) is 0.267. The van der Waals surface area contributed by atoms with Crippen molar-refractivity contribution in [3.63, 3.8) is 0 Å². The molecule has 1 aromatic heterocycles. The van der Waals surface area contributed by atoms with E-state index in [0.29, 0.717) is 10.0 Å². The lowest BCUT2D eigenvalue weighted by Gasteiger charge is -2.19. The fourth-order valence-corrected chi connectivity index (χ4v) is 2.56. The van der Waals surface area contributed by atoms with E-state index in [1.807, 2.05) is 32.2 Å². The van der Waals surface area contributed by atoms with Gasteiger partial charge in [-0.15, -0.1) is 0 Å². The second kappa shape index (κ2) is 6.38. The van der Waals surface area contributed by atoms with Crippen LogP contribution in [0.15, 0.2) is 36.5 Å². The molecule has 0 radical (unpaired) electrons. The molecular formula is C15H16Cl2N2. The van der Waals surface area contributed by atoms with Gasteiger partial charge in [-0.2, -0.15) is 0 Å². The highest BCUT2D eigenvalue weighted by atomic mass is 35.5. The Labute approximate surface area is 123 Å². The van der Waals surface area contributed by atoms with Crippen LogP contribution in [0.3, 0.4) is 0 Å². The van der Waals surface area contributed by atoms with Gasteiger partial charge in [-0.05, 0) is 43.7 Å². The predicted octanol–water partition coefficient (Wildman–Crippen LogP) is 4.20. The van der Waals surface area contributed by atoms with Crippen LogP contribution in [0.4, 0.5) is 0 Å². The highest BCUT2D eigenvalue weighted by molar-refractivity contribution is 6.42. The molecule has 1 heterocycles. The van der Waals surface area contributed by atoms with E-state index in [0.717, 1.165) is 17.7 Å². The summed E-state index contributed by atoms with van der Waals surface area (Å²) in [5.41, 5.74) is 3.25. The number of likely N-dealkylation sites (N-methyl/N-ethyl adjacent to an activating group) is 1. The third-order valence-electron chi connectivity index (χ3n) is 3.23. The number of nitrogens with one attached hydrogen (secondary N) is 1. The summed E-state index contributed by atoms with van der Waals surface area (Å²) < 4.78 is 0. The van der Waals surface area contributed by atoms with Gasteiger partial charge in [-0.1, -0.05) is 41.4 Å². The van der Waals surface area contributed by atoms with Gasteiger partial charge in [0.25, 0.3) is 0 Å². The van der Waals surface area contributed by atoms with Gasteiger partial charge in [0, 0.05) is 17.9 Å². The highest BCUT2D eigenvalue weighted by Crippen LogP contribution is 2.29. The van der Waals surface area contributed by atoms with E-state index < -0.39 is 0 Å². The number of hydrogen-bond donors (Lipinski definition) is 1. The van der Waals surface area contributed by atoms with Crippen LogP contribution in [0.1, 0.15) is 22.9 Å². The van der Waals surface area contributed by atoms with E-state index in [-0.39, 0.29) is 6.04 Å². The molecule has 0 fully saturated rings. The smallest absolute Gasteiger partial charge is 0.0624 e. The summed E-state index contributed by atoms with van der Waals surface area (Å²) in [4.78, 5) is 4.33. The van der Waals surface area contributed by atoms with Gasteiger partial charge in [-0.25, -0.2) is 0 Å². The number of rotatable bonds is 4. The Morgan fingerprint density at radius 1 is 1.21 bits per heavy atom. The Hall–Kier alpha value is -1.09. The first-order valence-corrected chi connectivity index (χ1v) is 6.90. The van der Waals surface area contributed by atoms with Gasteiger partial charge < -0.3 is 5.32 Å². The maximum Gasteiger partial charge on any atom is 0.0624 e. The van der Waals surface area contributed by atoms with Crippen LogP contribution in [0, 0.1) is 6.92 Å². The third kappa shape index (κ3) is 3.27. The van der Waals surface area contributed by atoms with E-state index in [2.05, 4.69) is 16.4 Å². The zero-order valence-corrected chi connectivity index (χ0v) is 12.5. The number of benzene rings is 1. The monoisotopic (exact) mass is 294 g/mol. The summed E-state index contributed by atoms with van der Waals surface area (Å²) in [6, 6.07) is 9.94. The molecule has 0 spiro atoms. The lowest BCUT2D eigenvalue weighted by molar-refractivity contribution is 0.586. The van der Waals surface area contributed by atoms with Gasteiger partial charge in [0.1, 0.15) is 0 Å². The van der Waals surface area contributed by atoms with Crippen molar-refractivity contribution in [2.75, 3.05) is 7.05 Å². The van der Waals surface area contributed by atoms with Gasteiger partial charge in [-0.3, -0.25) is 4.98 Å². The van der Waals surface area contributed by atoms with Crippen molar-refractivity contribution in [2.45, 2.75) is 19.4 Å². The lowest BCUT2D eigenvalue weighted by atomic mass is 9.98. The van der Waals surface area contributed by atoms with Crippen molar-refractivity contribution in [1.82, 2.24) is 10.3 Å². The van der Waals surface area contributed by atoms with Gasteiger partial charge in [0.15, 0.2) is 0 Å². The van der Waals surface area contributed by atoms with Crippen molar-refractivity contribution >= 4 is 23.2 Å². The first-order chi connectivity index (χ1) is 9.13. The molecule has 0 aliphatic heterocycles. The molecule has 19 heavy (non-hydrogen) atoms. The van der Waals surface area contributed by atoms with Crippen LogP contribution >= 0.6 is 23.2 Å². The topological polar surface area (TPSA) is 24.9 Å². The number of pyridine rings is 1. The molecule has 0 saturated carbocycles. The number of halogens is 2. The maximum absolute atomic E-state index is 6.25. The Balaban J connectivity index is 2.30. The number of hydrogen-bond acceptors (Lipinski definition) is 2. The normalized spacial score (nSPS) is 12.4. The van der Waals surface area contributed by atoms with Gasteiger partial charge in [0.05, 0.1) is 10.0 Å². The van der Waals surface area contributed by atoms with Crippen molar-refractivity contribution in [3.05, 3.63) is 63.4 Å². The number of aryl methyl sites for hydroxylation is 1.